The molecule has 0 saturated heterocycles. The van der Waals surface area contributed by atoms with E-state index < -0.39 is 17.8 Å². The average Bonchev–Trinajstić information content (AvgIpc) is 2.69. The fourth-order valence-corrected chi connectivity index (χ4v) is 2.57. The Morgan fingerprint density at radius 2 is 1.73 bits per heavy atom. The first-order valence-electron chi connectivity index (χ1n) is 9.23. The van der Waals surface area contributed by atoms with Gasteiger partial charge in [0.05, 0.1) is 19.4 Å². The number of anilines is 1. The van der Waals surface area contributed by atoms with Crippen LogP contribution in [-0.2, 0) is 14.4 Å². The maximum Gasteiger partial charge on any atom is 0.308 e. The highest BCUT2D eigenvalue weighted by Crippen LogP contribution is 2.29. The Bertz CT molecular complexity index is 968. The van der Waals surface area contributed by atoms with E-state index in [1.165, 1.54) is 27.0 Å². The minimum atomic E-state index is -0.527. The first kappa shape index (κ1) is 22.5. The Kier molecular flexibility index (Phi) is 7.99. The molecule has 8 nitrogen and oxygen atoms in total. The van der Waals surface area contributed by atoms with Crippen molar-refractivity contribution < 1.29 is 28.6 Å². The molecule has 2 aromatic carbocycles. The molecule has 2 aromatic rings. The molecule has 30 heavy (non-hydrogen) atoms. The van der Waals surface area contributed by atoms with Crippen LogP contribution < -0.4 is 24.8 Å². The SMILES string of the molecule is CCOc1ccccc1NC(=O)/C(=C/c1ccc(OC(C)=O)c(OC)c1)NC(C)=O. The van der Waals surface area contributed by atoms with Gasteiger partial charge in [0.1, 0.15) is 11.4 Å². The minimum Gasteiger partial charge on any atom is -0.493 e. The van der Waals surface area contributed by atoms with Gasteiger partial charge in [-0.1, -0.05) is 18.2 Å². The fraction of sp³-hybridized carbons (Fsp3) is 0.227. The zero-order chi connectivity index (χ0) is 22.1. The van der Waals surface area contributed by atoms with Crippen molar-refractivity contribution in [1.82, 2.24) is 5.32 Å². The zero-order valence-electron chi connectivity index (χ0n) is 17.3. The van der Waals surface area contributed by atoms with Crippen molar-refractivity contribution in [2.45, 2.75) is 20.8 Å². The number of nitrogens with one attached hydrogen (secondary N) is 2. The molecule has 0 aromatic heterocycles. The number of hydrogen-bond acceptors (Lipinski definition) is 6. The fourth-order valence-electron chi connectivity index (χ4n) is 2.57. The molecule has 0 heterocycles. The minimum absolute atomic E-state index is 0.0242. The van der Waals surface area contributed by atoms with Crippen molar-refractivity contribution in [2.75, 3.05) is 19.0 Å². The van der Waals surface area contributed by atoms with E-state index in [0.29, 0.717) is 29.4 Å². The summed E-state index contributed by atoms with van der Waals surface area (Å²) in [6.07, 6.45) is 1.49. The predicted molar refractivity (Wildman–Crippen MR) is 112 cm³/mol. The van der Waals surface area contributed by atoms with Crippen LogP contribution in [0.3, 0.4) is 0 Å². The third kappa shape index (κ3) is 6.37. The largest absolute Gasteiger partial charge is 0.493 e. The second kappa shape index (κ2) is 10.7. The van der Waals surface area contributed by atoms with Crippen molar-refractivity contribution in [2.24, 2.45) is 0 Å². The first-order chi connectivity index (χ1) is 14.3. The molecule has 0 aliphatic heterocycles. The van der Waals surface area contributed by atoms with Gasteiger partial charge < -0.3 is 24.8 Å². The highest BCUT2D eigenvalue weighted by molar-refractivity contribution is 6.09. The van der Waals surface area contributed by atoms with Crippen LogP contribution in [0.4, 0.5) is 5.69 Å². The van der Waals surface area contributed by atoms with E-state index in [2.05, 4.69) is 10.6 Å². The van der Waals surface area contributed by atoms with Crippen LogP contribution in [0.15, 0.2) is 48.2 Å². The Hall–Kier alpha value is -3.81. The molecule has 0 aliphatic rings. The molecule has 0 radical (unpaired) electrons. The summed E-state index contributed by atoms with van der Waals surface area (Å²) in [6.45, 7) is 4.87. The van der Waals surface area contributed by atoms with Crippen molar-refractivity contribution in [1.29, 1.82) is 0 Å². The molecule has 158 valence electrons. The average molecular weight is 412 g/mol. The lowest BCUT2D eigenvalue weighted by atomic mass is 10.1. The summed E-state index contributed by atoms with van der Waals surface area (Å²) in [5.74, 6) is -0.342. The summed E-state index contributed by atoms with van der Waals surface area (Å²) in [5, 5.41) is 5.27. The van der Waals surface area contributed by atoms with E-state index in [4.69, 9.17) is 14.2 Å². The van der Waals surface area contributed by atoms with Gasteiger partial charge in [-0.15, -0.1) is 0 Å². The smallest absolute Gasteiger partial charge is 0.308 e. The van der Waals surface area contributed by atoms with Gasteiger partial charge in [-0.05, 0) is 42.8 Å². The topological polar surface area (TPSA) is 103 Å². The van der Waals surface area contributed by atoms with Crippen molar-refractivity contribution in [3.8, 4) is 17.2 Å². The molecule has 0 spiro atoms. The van der Waals surface area contributed by atoms with E-state index in [1.807, 2.05) is 6.92 Å². The van der Waals surface area contributed by atoms with E-state index in [0.717, 1.165) is 0 Å². The Morgan fingerprint density at radius 1 is 1.00 bits per heavy atom. The zero-order valence-corrected chi connectivity index (χ0v) is 17.3. The number of methoxy groups -OCH3 is 1. The molecule has 8 heteroatoms. The van der Waals surface area contributed by atoms with E-state index >= 15 is 0 Å². The van der Waals surface area contributed by atoms with E-state index in [9.17, 15) is 14.4 Å². The summed E-state index contributed by atoms with van der Waals surface area (Å²) >= 11 is 0. The van der Waals surface area contributed by atoms with Gasteiger partial charge in [-0.2, -0.15) is 0 Å². The molecule has 0 atom stereocenters. The lowest BCUT2D eigenvalue weighted by molar-refractivity contribution is -0.132. The van der Waals surface area contributed by atoms with Crippen LogP contribution in [-0.4, -0.2) is 31.5 Å². The Morgan fingerprint density at radius 3 is 2.37 bits per heavy atom. The second-order valence-corrected chi connectivity index (χ2v) is 6.13. The second-order valence-electron chi connectivity index (χ2n) is 6.13. The lowest BCUT2D eigenvalue weighted by Crippen LogP contribution is -2.29. The number of ether oxygens (including phenoxy) is 3. The number of carbonyl (C=O) groups excluding carboxylic acids is 3. The maximum absolute atomic E-state index is 12.8. The van der Waals surface area contributed by atoms with E-state index in [1.54, 1.807) is 42.5 Å². The van der Waals surface area contributed by atoms with Gasteiger partial charge in [0.2, 0.25) is 5.91 Å². The summed E-state index contributed by atoms with van der Waals surface area (Å²) in [7, 11) is 1.43. The molecule has 2 rings (SSSR count). The number of benzene rings is 2. The van der Waals surface area contributed by atoms with Gasteiger partial charge in [-0.3, -0.25) is 14.4 Å². The number of esters is 1. The third-order valence-corrected chi connectivity index (χ3v) is 3.74. The molecule has 2 amide bonds. The summed E-state index contributed by atoms with van der Waals surface area (Å²) < 4.78 is 15.8. The third-order valence-electron chi connectivity index (χ3n) is 3.74. The van der Waals surface area contributed by atoms with Crippen molar-refractivity contribution >= 4 is 29.5 Å². The van der Waals surface area contributed by atoms with Crippen LogP contribution >= 0.6 is 0 Å². The van der Waals surface area contributed by atoms with Crippen LogP contribution in [0.2, 0.25) is 0 Å². The monoisotopic (exact) mass is 412 g/mol. The molecular formula is C22H24N2O6. The van der Waals surface area contributed by atoms with Crippen LogP contribution in [0.25, 0.3) is 6.08 Å². The Labute approximate surface area is 174 Å². The summed E-state index contributed by atoms with van der Waals surface area (Å²) in [5.41, 5.74) is 1.05. The maximum atomic E-state index is 12.8. The van der Waals surface area contributed by atoms with Gasteiger partial charge in [0.25, 0.3) is 5.91 Å². The molecule has 0 aliphatic carbocycles. The van der Waals surface area contributed by atoms with Crippen LogP contribution in [0.1, 0.15) is 26.3 Å². The predicted octanol–water partition coefficient (Wildman–Crippen LogP) is 3.13. The Balaban J connectivity index is 2.35. The number of rotatable bonds is 8. The molecule has 0 fully saturated rings. The summed E-state index contributed by atoms with van der Waals surface area (Å²) in [4.78, 5) is 35.7. The standard InChI is InChI=1S/C22H24N2O6/c1-5-29-19-9-7-6-8-17(19)24-22(27)18(23-14(2)25)12-16-10-11-20(30-15(3)26)21(13-16)28-4/h6-13H,5H2,1-4H3,(H,23,25)(H,24,27)/b18-12-. The number of carbonyl (C=O) groups is 3. The van der Waals surface area contributed by atoms with Gasteiger partial charge in [0, 0.05) is 13.8 Å². The van der Waals surface area contributed by atoms with Gasteiger partial charge in [0.15, 0.2) is 11.5 Å². The highest BCUT2D eigenvalue weighted by Gasteiger charge is 2.15. The van der Waals surface area contributed by atoms with Gasteiger partial charge in [-0.25, -0.2) is 0 Å². The normalized spacial score (nSPS) is 10.7. The summed E-state index contributed by atoms with van der Waals surface area (Å²) in [6, 6.07) is 11.7. The van der Waals surface area contributed by atoms with Crippen LogP contribution in [0, 0.1) is 0 Å². The highest BCUT2D eigenvalue weighted by atomic mass is 16.6. The number of hydrogen-bond donors (Lipinski definition) is 2. The van der Waals surface area contributed by atoms with Gasteiger partial charge >= 0.3 is 5.97 Å². The molecule has 2 N–H and O–H groups in total. The van der Waals surface area contributed by atoms with Crippen molar-refractivity contribution in [3.63, 3.8) is 0 Å². The molecule has 0 bridgehead atoms. The van der Waals surface area contributed by atoms with Crippen molar-refractivity contribution in [3.05, 3.63) is 53.7 Å². The van der Waals surface area contributed by atoms with Crippen LogP contribution in [0.5, 0.6) is 17.2 Å². The molecule has 0 unspecified atom stereocenters. The molecule has 0 saturated carbocycles. The number of para-hydroxylation sites is 2. The number of amides is 2. The lowest BCUT2D eigenvalue weighted by Gasteiger charge is -2.14. The first-order valence-corrected chi connectivity index (χ1v) is 9.23. The quantitative estimate of drug-likeness (QED) is 0.392. The van der Waals surface area contributed by atoms with E-state index in [-0.39, 0.29) is 11.4 Å². The molecular weight excluding hydrogens is 388 g/mol.